The maximum atomic E-state index is 12.3. The fourth-order valence-electron chi connectivity index (χ4n) is 2.51. The molecule has 10 nitrogen and oxygen atoms in total. The van der Waals surface area contributed by atoms with Gasteiger partial charge in [-0.15, -0.1) is 10.2 Å². The summed E-state index contributed by atoms with van der Waals surface area (Å²) in [5.41, 5.74) is 1.23. The summed E-state index contributed by atoms with van der Waals surface area (Å²) < 4.78 is 10.8. The SMILES string of the molecule is CC(=O)c1ccc(NC(=O)CSc2nnc(NC(=O)c3cc(-c4ccco4)on3)s2)cc1. The number of hydrogen-bond acceptors (Lipinski definition) is 10. The van der Waals surface area contributed by atoms with Crippen LogP contribution in [0.15, 0.2) is 62.0 Å². The first-order valence-corrected chi connectivity index (χ1v) is 11.0. The number of furan rings is 1. The Labute approximate surface area is 189 Å². The fourth-order valence-corrected chi connectivity index (χ4v) is 4.06. The molecule has 4 rings (SSSR count). The maximum Gasteiger partial charge on any atom is 0.279 e. The van der Waals surface area contributed by atoms with Crippen molar-refractivity contribution in [3.8, 4) is 11.5 Å². The second kappa shape index (κ2) is 9.58. The molecule has 0 aliphatic rings. The second-order valence-corrected chi connectivity index (χ2v) is 8.55. The molecule has 0 radical (unpaired) electrons. The molecule has 32 heavy (non-hydrogen) atoms. The summed E-state index contributed by atoms with van der Waals surface area (Å²) in [5, 5.41) is 17.2. The number of rotatable bonds is 8. The molecule has 4 aromatic rings. The highest BCUT2D eigenvalue weighted by molar-refractivity contribution is 8.01. The largest absolute Gasteiger partial charge is 0.461 e. The smallest absolute Gasteiger partial charge is 0.279 e. The lowest BCUT2D eigenvalue weighted by molar-refractivity contribution is -0.113. The zero-order chi connectivity index (χ0) is 22.5. The number of Topliss-reactive ketones (excluding diaryl/α,β-unsaturated/α-hetero) is 1. The first-order chi connectivity index (χ1) is 15.5. The van der Waals surface area contributed by atoms with Crippen LogP contribution >= 0.6 is 23.1 Å². The molecule has 12 heteroatoms. The zero-order valence-corrected chi connectivity index (χ0v) is 18.2. The highest BCUT2D eigenvalue weighted by atomic mass is 32.2. The van der Waals surface area contributed by atoms with E-state index >= 15 is 0 Å². The van der Waals surface area contributed by atoms with Crippen LogP contribution in [0, 0.1) is 0 Å². The highest BCUT2D eigenvalue weighted by Crippen LogP contribution is 2.26. The summed E-state index contributed by atoms with van der Waals surface area (Å²) in [6.07, 6.45) is 1.49. The minimum atomic E-state index is -0.508. The van der Waals surface area contributed by atoms with Gasteiger partial charge in [0.05, 0.1) is 12.0 Å². The van der Waals surface area contributed by atoms with E-state index in [0.717, 1.165) is 11.3 Å². The van der Waals surface area contributed by atoms with Gasteiger partial charge in [0.2, 0.25) is 16.8 Å². The van der Waals surface area contributed by atoms with Gasteiger partial charge in [0.1, 0.15) is 0 Å². The Hall–Kier alpha value is -3.77. The summed E-state index contributed by atoms with van der Waals surface area (Å²) in [4.78, 5) is 35.8. The molecule has 0 spiro atoms. The van der Waals surface area contributed by atoms with E-state index in [1.165, 1.54) is 31.0 Å². The summed E-state index contributed by atoms with van der Waals surface area (Å²) in [5.74, 6) is 0.103. The third-order valence-electron chi connectivity index (χ3n) is 4.04. The van der Waals surface area contributed by atoms with Gasteiger partial charge in [-0.05, 0) is 43.3 Å². The van der Waals surface area contributed by atoms with Crippen molar-refractivity contribution in [2.45, 2.75) is 11.3 Å². The zero-order valence-electron chi connectivity index (χ0n) is 16.5. The second-order valence-electron chi connectivity index (χ2n) is 6.35. The van der Waals surface area contributed by atoms with Crippen LogP contribution in [0.3, 0.4) is 0 Å². The van der Waals surface area contributed by atoms with Crippen LogP contribution in [0.25, 0.3) is 11.5 Å². The minimum Gasteiger partial charge on any atom is -0.461 e. The summed E-state index contributed by atoms with van der Waals surface area (Å²) >= 11 is 2.31. The van der Waals surface area contributed by atoms with Crippen LogP contribution < -0.4 is 10.6 Å². The van der Waals surface area contributed by atoms with Gasteiger partial charge in [-0.2, -0.15) is 0 Å². The van der Waals surface area contributed by atoms with Gasteiger partial charge in [-0.25, -0.2) is 0 Å². The van der Waals surface area contributed by atoms with Crippen molar-refractivity contribution in [3.05, 3.63) is 60.0 Å². The Kier molecular flexibility index (Phi) is 6.42. The normalized spacial score (nSPS) is 10.7. The molecule has 162 valence electrons. The van der Waals surface area contributed by atoms with Gasteiger partial charge < -0.3 is 14.3 Å². The van der Waals surface area contributed by atoms with Crippen LogP contribution in [0.5, 0.6) is 0 Å². The van der Waals surface area contributed by atoms with Crippen molar-refractivity contribution in [2.24, 2.45) is 0 Å². The van der Waals surface area contributed by atoms with Gasteiger partial charge in [0.25, 0.3) is 5.91 Å². The molecule has 0 saturated carbocycles. The van der Waals surface area contributed by atoms with Crippen LogP contribution in [-0.4, -0.2) is 38.7 Å². The molecule has 0 fully saturated rings. The lowest BCUT2D eigenvalue weighted by atomic mass is 10.1. The lowest BCUT2D eigenvalue weighted by Crippen LogP contribution is -2.14. The van der Waals surface area contributed by atoms with E-state index in [0.29, 0.717) is 27.1 Å². The van der Waals surface area contributed by atoms with Gasteiger partial charge in [-0.3, -0.25) is 19.7 Å². The average molecular weight is 470 g/mol. The number of carbonyl (C=O) groups is 3. The number of hydrogen-bond donors (Lipinski definition) is 2. The molecule has 1 aromatic carbocycles. The van der Waals surface area contributed by atoms with Crippen molar-refractivity contribution < 1.29 is 23.3 Å². The molecule has 2 amide bonds. The van der Waals surface area contributed by atoms with E-state index in [2.05, 4.69) is 26.0 Å². The number of ketones is 1. The van der Waals surface area contributed by atoms with Crippen molar-refractivity contribution in [3.63, 3.8) is 0 Å². The van der Waals surface area contributed by atoms with Crippen LogP contribution in [0.2, 0.25) is 0 Å². The standard InChI is InChI=1S/C20H15N5O5S2/c1-11(26)12-4-6-13(7-5-12)21-17(27)10-31-20-24-23-19(32-20)22-18(28)14-9-16(30-25-14)15-3-2-8-29-15/h2-9H,10H2,1H3,(H,21,27)(H,22,23,28). The maximum absolute atomic E-state index is 12.3. The molecule has 0 bridgehead atoms. The molecule has 2 N–H and O–H groups in total. The van der Waals surface area contributed by atoms with Gasteiger partial charge >= 0.3 is 0 Å². The summed E-state index contributed by atoms with van der Waals surface area (Å²) in [6.45, 7) is 1.48. The molecule has 3 aromatic heterocycles. The average Bonchev–Trinajstić information content (AvgIpc) is 3.53. The Bertz CT molecular complexity index is 1250. The third-order valence-corrected chi connectivity index (χ3v) is 6.01. The quantitative estimate of drug-likeness (QED) is 0.223. The number of thioether (sulfide) groups is 1. The molecule has 0 atom stereocenters. The first-order valence-electron chi connectivity index (χ1n) is 9.17. The molecular weight excluding hydrogens is 454 g/mol. The fraction of sp³-hybridized carbons (Fsp3) is 0.100. The number of nitrogens with zero attached hydrogens (tertiary/aromatic N) is 3. The number of anilines is 2. The minimum absolute atomic E-state index is 0.0425. The number of amides is 2. The lowest BCUT2D eigenvalue weighted by Gasteiger charge is -2.04. The van der Waals surface area contributed by atoms with E-state index in [9.17, 15) is 14.4 Å². The molecule has 0 unspecified atom stereocenters. The predicted molar refractivity (Wildman–Crippen MR) is 118 cm³/mol. The van der Waals surface area contributed by atoms with Gasteiger partial charge in [0.15, 0.2) is 21.6 Å². The van der Waals surface area contributed by atoms with E-state index < -0.39 is 5.91 Å². The first kappa shape index (κ1) is 21.5. The Morgan fingerprint density at radius 2 is 1.88 bits per heavy atom. The van der Waals surface area contributed by atoms with Gasteiger partial charge in [-0.1, -0.05) is 28.3 Å². The van der Waals surface area contributed by atoms with Crippen molar-refractivity contribution in [1.82, 2.24) is 15.4 Å². The van der Waals surface area contributed by atoms with Crippen LogP contribution in [-0.2, 0) is 4.79 Å². The Balaban J connectivity index is 1.27. The number of nitrogens with one attached hydrogen (secondary N) is 2. The molecule has 0 aliphatic carbocycles. The highest BCUT2D eigenvalue weighted by Gasteiger charge is 2.17. The van der Waals surface area contributed by atoms with Crippen molar-refractivity contribution in [2.75, 3.05) is 16.4 Å². The number of aromatic nitrogens is 3. The third kappa shape index (κ3) is 5.28. The molecular formula is C20H15N5O5S2. The monoisotopic (exact) mass is 469 g/mol. The van der Waals surface area contributed by atoms with E-state index in [4.69, 9.17) is 8.94 Å². The predicted octanol–water partition coefficient (Wildman–Crippen LogP) is 3.97. The van der Waals surface area contributed by atoms with Crippen molar-refractivity contribution in [1.29, 1.82) is 0 Å². The molecule has 0 saturated heterocycles. The molecule has 0 aliphatic heterocycles. The topological polar surface area (TPSA) is 140 Å². The summed E-state index contributed by atoms with van der Waals surface area (Å²) in [7, 11) is 0. The van der Waals surface area contributed by atoms with E-state index in [1.54, 1.807) is 36.4 Å². The van der Waals surface area contributed by atoms with Crippen LogP contribution in [0.1, 0.15) is 27.8 Å². The number of benzene rings is 1. The van der Waals surface area contributed by atoms with Gasteiger partial charge in [0, 0.05) is 17.3 Å². The Morgan fingerprint density at radius 1 is 1.06 bits per heavy atom. The van der Waals surface area contributed by atoms with E-state index in [1.807, 2.05) is 0 Å². The molecule has 3 heterocycles. The number of carbonyl (C=O) groups excluding carboxylic acids is 3. The Morgan fingerprint density at radius 3 is 2.59 bits per heavy atom. The van der Waals surface area contributed by atoms with E-state index in [-0.39, 0.29) is 28.3 Å². The summed E-state index contributed by atoms with van der Waals surface area (Å²) in [6, 6.07) is 11.5. The van der Waals surface area contributed by atoms with Crippen LogP contribution in [0.4, 0.5) is 10.8 Å². The van der Waals surface area contributed by atoms with Crippen molar-refractivity contribution >= 4 is 51.5 Å².